The Morgan fingerprint density at radius 1 is 1.11 bits per heavy atom. The number of ether oxygens (including phenoxy) is 2. The number of hydrogen-bond acceptors (Lipinski definition) is 5. The summed E-state index contributed by atoms with van der Waals surface area (Å²) in [6.45, 7) is 8.35. The van der Waals surface area contributed by atoms with Crippen LogP contribution in [0.3, 0.4) is 0 Å². The van der Waals surface area contributed by atoms with E-state index in [1.807, 2.05) is 4.90 Å². The van der Waals surface area contributed by atoms with Crippen LogP contribution in [-0.4, -0.2) is 67.3 Å². The van der Waals surface area contributed by atoms with Gasteiger partial charge in [-0.3, -0.25) is 9.59 Å². The van der Waals surface area contributed by atoms with E-state index in [4.69, 9.17) is 9.47 Å². The number of rotatable bonds is 6. The molecule has 2 rings (SSSR count). The van der Waals surface area contributed by atoms with Gasteiger partial charge in [0.25, 0.3) is 5.91 Å². The molecule has 27 heavy (non-hydrogen) atoms. The standard InChI is InChI=1S/C19H33N3O5/c1-19(2,3)27-18(25)20-9-6-16(23)21-13-14-7-10-22(11-8-14)17(24)15-5-4-12-26-15/h14-15H,4-13H2,1-3H3,(H,20,25)(H,21,23). The van der Waals surface area contributed by atoms with E-state index in [1.54, 1.807) is 20.8 Å². The molecule has 0 spiro atoms. The average Bonchev–Trinajstić information content (AvgIpc) is 3.13. The molecule has 2 aliphatic rings. The third-order valence-corrected chi connectivity index (χ3v) is 4.74. The van der Waals surface area contributed by atoms with Crippen LogP contribution in [0.15, 0.2) is 0 Å². The SMILES string of the molecule is CC(C)(C)OC(=O)NCCC(=O)NCC1CCN(C(=O)C2CCCO2)CC1. The van der Waals surface area contributed by atoms with Crippen molar-refractivity contribution in [3.63, 3.8) is 0 Å². The van der Waals surface area contributed by atoms with Gasteiger partial charge in [-0.25, -0.2) is 4.79 Å². The van der Waals surface area contributed by atoms with Gasteiger partial charge < -0.3 is 25.0 Å². The lowest BCUT2D eigenvalue weighted by Gasteiger charge is -2.33. The Labute approximate surface area is 161 Å². The normalized spacial score (nSPS) is 21.0. The van der Waals surface area contributed by atoms with Crippen molar-refractivity contribution in [2.75, 3.05) is 32.8 Å². The van der Waals surface area contributed by atoms with Crippen LogP contribution < -0.4 is 10.6 Å². The maximum Gasteiger partial charge on any atom is 0.407 e. The van der Waals surface area contributed by atoms with Crippen molar-refractivity contribution in [3.05, 3.63) is 0 Å². The van der Waals surface area contributed by atoms with Crippen LogP contribution in [0.25, 0.3) is 0 Å². The molecule has 1 unspecified atom stereocenters. The maximum atomic E-state index is 12.3. The van der Waals surface area contributed by atoms with Gasteiger partial charge in [0.1, 0.15) is 11.7 Å². The fourth-order valence-electron chi connectivity index (χ4n) is 3.27. The lowest BCUT2D eigenvalue weighted by molar-refractivity contribution is -0.142. The van der Waals surface area contributed by atoms with Crippen molar-refractivity contribution in [1.29, 1.82) is 0 Å². The van der Waals surface area contributed by atoms with E-state index in [1.165, 1.54) is 0 Å². The minimum Gasteiger partial charge on any atom is -0.444 e. The Morgan fingerprint density at radius 3 is 2.41 bits per heavy atom. The van der Waals surface area contributed by atoms with E-state index in [-0.39, 0.29) is 30.9 Å². The summed E-state index contributed by atoms with van der Waals surface area (Å²) in [4.78, 5) is 37.6. The monoisotopic (exact) mass is 383 g/mol. The molecule has 8 nitrogen and oxygen atoms in total. The van der Waals surface area contributed by atoms with E-state index in [2.05, 4.69) is 10.6 Å². The minimum atomic E-state index is -0.549. The fraction of sp³-hybridized carbons (Fsp3) is 0.842. The molecule has 0 bridgehead atoms. The zero-order valence-electron chi connectivity index (χ0n) is 16.7. The molecule has 154 valence electrons. The second kappa shape index (κ2) is 9.92. The van der Waals surface area contributed by atoms with Crippen molar-refractivity contribution in [3.8, 4) is 0 Å². The van der Waals surface area contributed by atoms with Crippen LogP contribution in [0.5, 0.6) is 0 Å². The summed E-state index contributed by atoms with van der Waals surface area (Å²) in [6.07, 6.45) is 3.00. The number of carbonyl (C=O) groups is 3. The average molecular weight is 383 g/mol. The van der Waals surface area contributed by atoms with Crippen LogP contribution in [-0.2, 0) is 19.1 Å². The molecule has 2 heterocycles. The number of nitrogens with one attached hydrogen (secondary N) is 2. The quantitative estimate of drug-likeness (QED) is 0.723. The van der Waals surface area contributed by atoms with Crippen molar-refractivity contribution in [1.82, 2.24) is 15.5 Å². The van der Waals surface area contributed by atoms with Crippen molar-refractivity contribution in [2.45, 2.75) is 64.6 Å². The molecule has 0 aromatic heterocycles. The number of nitrogens with zero attached hydrogens (tertiary/aromatic N) is 1. The van der Waals surface area contributed by atoms with E-state index in [0.717, 1.165) is 38.8 Å². The van der Waals surface area contributed by atoms with Gasteiger partial charge in [-0.05, 0) is 52.4 Å². The van der Waals surface area contributed by atoms with Crippen LogP contribution >= 0.6 is 0 Å². The van der Waals surface area contributed by atoms with Gasteiger partial charge in [0.05, 0.1) is 0 Å². The highest BCUT2D eigenvalue weighted by atomic mass is 16.6. The smallest absolute Gasteiger partial charge is 0.407 e. The first-order chi connectivity index (χ1) is 12.7. The molecule has 0 aliphatic carbocycles. The highest BCUT2D eigenvalue weighted by Gasteiger charge is 2.30. The third kappa shape index (κ3) is 7.74. The molecule has 2 aliphatic heterocycles. The van der Waals surface area contributed by atoms with Gasteiger partial charge in [0.2, 0.25) is 5.91 Å². The molecule has 2 saturated heterocycles. The highest BCUT2D eigenvalue weighted by Crippen LogP contribution is 2.21. The summed E-state index contributed by atoms with van der Waals surface area (Å²) in [6, 6.07) is 0. The molecule has 1 atom stereocenters. The lowest BCUT2D eigenvalue weighted by Crippen LogP contribution is -2.45. The fourth-order valence-corrected chi connectivity index (χ4v) is 3.27. The third-order valence-electron chi connectivity index (χ3n) is 4.74. The molecular formula is C19H33N3O5. The Morgan fingerprint density at radius 2 is 1.81 bits per heavy atom. The Hall–Kier alpha value is -1.83. The summed E-state index contributed by atoms with van der Waals surface area (Å²) in [5.41, 5.74) is -0.549. The number of piperidine rings is 1. The Balaban J connectivity index is 1.56. The summed E-state index contributed by atoms with van der Waals surface area (Å²) in [5, 5.41) is 5.49. The van der Waals surface area contributed by atoms with Crippen molar-refractivity contribution in [2.24, 2.45) is 5.92 Å². The molecule has 2 N–H and O–H groups in total. The van der Waals surface area contributed by atoms with Crippen molar-refractivity contribution >= 4 is 17.9 Å². The lowest BCUT2D eigenvalue weighted by atomic mass is 9.96. The molecule has 0 saturated carbocycles. The van der Waals surface area contributed by atoms with E-state index < -0.39 is 11.7 Å². The Bertz CT molecular complexity index is 518. The predicted molar refractivity (Wildman–Crippen MR) is 100 cm³/mol. The summed E-state index contributed by atoms with van der Waals surface area (Å²) in [5.74, 6) is 0.397. The molecule has 8 heteroatoms. The first-order valence-corrected chi connectivity index (χ1v) is 9.88. The van der Waals surface area contributed by atoms with Crippen LogP contribution in [0, 0.1) is 5.92 Å². The molecule has 0 aromatic rings. The number of alkyl carbamates (subject to hydrolysis) is 1. The Kier molecular flexibility index (Phi) is 7.89. The molecule has 2 fully saturated rings. The zero-order chi connectivity index (χ0) is 19.9. The number of likely N-dealkylation sites (tertiary alicyclic amines) is 1. The summed E-state index contributed by atoms with van der Waals surface area (Å²) >= 11 is 0. The molecular weight excluding hydrogens is 350 g/mol. The topological polar surface area (TPSA) is 97.0 Å². The van der Waals surface area contributed by atoms with Gasteiger partial charge in [-0.15, -0.1) is 0 Å². The molecule has 0 aromatic carbocycles. The number of hydrogen-bond donors (Lipinski definition) is 2. The van der Waals surface area contributed by atoms with Crippen LogP contribution in [0.4, 0.5) is 4.79 Å². The summed E-state index contributed by atoms with van der Waals surface area (Å²) < 4.78 is 10.6. The molecule has 3 amide bonds. The van der Waals surface area contributed by atoms with Crippen LogP contribution in [0.1, 0.15) is 52.9 Å². The van der Waals surface area contributed by atoms with E-state index in [0.29, 0.717) is 19.1 Å². The largest absolute Gasteiger partial charge is 0.444 e. The van der Waals surface area contributed by atoms with Gasteiger partial charge in [-0.1, -0.05) is 0 Å². The highest BCUT2D eigenvalue weighted by molar-refractivity contribution is 5.81. The molecule has 0 radical (unpaired) electrons. The number of carbonyl (C=O) groups excluding carboxylic acids is 3. The summed E-state index contributed by atoms with van der Waals surface area (Å²) in [7, 11) is 0. The second-order valence-corrected chi connectivity index (χ2v) is 8.25. The van der Waals surface area contributed by atoms with E-state index >= 15 is 0 Å². The van der Waals surface area contributed by atoms with Gasteiger partial charge >= 0.3 is 6.09 Å². The van der Waals surface area contributed by atoms with Crippen molar-refractivity contribution < 1.29 is 23.9 Å². The van der Waals surface area contributed by atoms with Crippen LogP contribution in [0.2, 0.25) is 0 Å². The van der Waals surface area contributed by atoms with Gasteiger partial charge in [0, 0.05) is 39.2 Å². The van der Waals surface area contributed by atoms with Gasteiger partial charge in [0.15, 0.2) is 0 Å². The first-order valence-electron chi connectivity index (χ1n) is 9.88. The number of amides is 3. The minimum absolute atomic E-state index is 0.0936. The van der Waals surface area contributed by atoms with E-state index in [9.17, 15) is 14.4 Å². The zero-order valence-corrected chi connectivity index (χ0v) is 16.7. The first kappa shape index (κ1) is 21.5. The maximum absolute atomic E-state index is 12.3. The van der Waals surface area contributed by atoms with Gasteiger partial charge in [-0.2, -0.15) is 0 Å². The second-order valence-electron chi connectivity index (χ2n) is 8.25. The predicted octanol–water partition coefficient (Wildman–Crippen LogP) is 1.44.